The Bertz CT molecular complexity index is 1370. The largest absolute Gasteiger partial charge is 0.427 e. The topological polar surface area (TPSA) is 98.1 Å². The molecule has 4 rings (SSSR count). The van der Waals surface area contributed by atoms with E-state index in [1.807, 2.05) is 47.0 Å². The third kappa shape index (κ3) is 6.32. The molecule has 10 heteroatoms. The van der Waals surface area contributed by atoms with Gasteiger partial charge in [-0.05, 0) is 66.2 Å². The predicted molar refractivity (Wildman–Crippen MR) is 141 cm³/mol. The second-order valence-electron chi connectivity index (χ2n) is 7.54. The number of benzene rings is 3. The van der Waals surface area contributed by atoms with Crippen molar-refractivity contribution >= 4 is 40.9 Å². The van der Waals surface area contributed by atoms with Gasteiger partial charge in [-0.3, -0.25) is 25.0 Å². The van der Waals surface area contributed by atoms with E-state index in [9.17, 15) is 9.59 Å². The van der Waals surface area contributed by atoms with Crippen molar-refractivity contribution in [3.63, 3.8) is 0 Å². The Labute approximate surface area is 217 Å². The van der Waals surface area contributed by atoms with Crippen LogP contribution in [0.1, 0.15) is 12.5 Å². The molecule has 1 aromatic heterocycles. The summed E-state index contributed by atoms with van der Waals surface area (Å²) in [6.45, 7) is 5.26. The number of ether oxygens (including phenoxy) is 1. The summed E-state index contributed by atoms with van der Waals surface area (Å²) in [5.74, 6) is 0.503. The molecule has 0 unspecified atom stereocenters. The number of aromatic nitrogens is 3. The molecule has 0 aliphatic rings. The number of carbonyl (C=O) groups is 2. The molecule has 0 aliphatic carbocycles. The monoisotopic (exact) mass is 519 g/mol. The van der Waals surface area contributed by atoms with Crippen molar-refractivity contribution < 1.29 is 14.3 Å². The Kier molecular flexibility index (Phi) is 8.04. The highest BCUT2D eigenvalue weighted by Crippen LogP contribution is 2.28. The Hall–Kier alpha value is -4.08. The highest BCUT2D eigenvalue weighted by Gasteiger charge is 2.17. The predicted octanol–water partition coefficient (Wildman–Crippen LogP) is 4.90. The lowest BCUT2D eigenvalue weighted by Crippen LogP contribution is -2.37. The molecule has 3 aromatic carbocycles. The Morgan fingerprint density at radius 2 is 1.67 bits per heavy atom. The zero-order valence-corrected chi connectivity index (χ0v) is 20.8. The van der Waals surface area contributed by atoms with Gasteiger partial charge in [-0.25, -0.2) is 0 Å². The molecule has 4 aromatic rings. The summed E-state index contributed by atoms with van der Waals surface area (Å²) in [5, 5.41) is 9.89. The number of amides is 1. The Balaban J connectivity index is 1.41. The van der Waals surface area contributed by atoms with Crippen molar-refractivity contribution in [2.45, 2.75) is 12.1 Å². The lowest BCUT2D eigenvalue weighted by Gasteiger charge is -2.12. The summed E-state index contributed by atoms with van der Waals surface area (Å²) in [6.07, 6.45) is 0. The summed E-state index contributed by atoms with van der Waals surface area (Å²) >= 11 is 7.30. The van der Waals surface area contributed by atoms with Crippen molar-refractivity contribution in [2.75, 3.05) is 5.75 Å². The minimum absolute atomic E-state index is 0.0945. The van der Waals surface area contributed by atoms with Crippen LogP contribution in [0.2, 0.25) is 5.02 Å². The van der Waals surface area contributed by atoms with Crippen molar-refractivity contribution in [3.8, 4) is 22.8 Å². The smallest absolute Gasteiger partial charge is 0.308 e. The van der Waals surface area contributed by atoms with E-state index in [2.05, 4.69) is 27.6 Å². The third-order valence-electron chi connectivity index (χ3n) is 4.90. The van der Waals surface area contributed by atoms with E-state index in [1.165, 1.54) is 18.7 Å². The Morgan fingerprint density at radius 3 is 2.33 bits per heavy atom. The van der Waals surface area contributed by atoms with E-state index in [4.69, 9.17) is 16.3 Å². The molecule has 0 atom stereocenters. The number of rotatable bonds is 9. The van der Waals surface area contributed by atoms with Crippen molar-refractivity contribution in [1.29, 1.82) is 0 Å². The van der Waals surface area contributed by atoms with Crippen LogP contribution in [-0.2, 0) is 9.59 Å². The van der Waals surface area contributed by atoms with Crippen LogP contribution in [0.25, 0.3) is 22.8 Å². The number of hydrogen-bond acceptors (Lipinski definition) is 7. The highest BCUT2D eigenvalue weighted by atomic mass is 35.5. The molecule has 2 N–H and O–H groups in total. The maximum atomic E-state index is 12.5. The molecule has 1 amide bonds. The lowest BCUT2D eigenvalue weighted by atomic mass is 10.2. The first kappa shape index (κ1) is 25.0. The molecule has 182 valence electrons. The van der Waals surface area contributed by atoms with Gasteiger partial charge in [-0.1, -0.05) is 48.1 Å². The van der Waals surface area contributed by atoms with Gasteiger partial charge in [-0.15, -0.1) is 10.2 Å². The average molecular weight is 520 g/mol. The zero-order valence-electron chi connectivity index (χ0n) is 19.3. The summed E-state index contributed by atoms with van der Waals surface area (Å²) in [7, 11) is 0. The van der Waals surface area contributed by atoms with Crippen molar-refractivity contribution in [1.82, 2.24) is 25.6 Å². The van der Waals surface area contributed by atoms with Crippen LogP contribution in [0.5, 0.6) is 5.75 Å². The van der Waals surface area contributed by atoms with E-state index in [1.54, 1.807) is 36.4 Å². The molecule has 0 saturated heterocycles. The van der Waals surface area contributed by atoms with Crippen LogP contribution in [0.4, 0.5) is 0 Å². The van der Waals surface area contributed by atoms with E-state index in [0.29, 0.717) is 27.5 Å². The molecule has 0 bridgehead atoms. The first-order chi connectivity index (χ1) is 17.4. The number of halogens is 1. The number of para-hydroxylation sites is 1. The number of nitrogens with one attached hydrogen (secondary N) is 2. The summed E-state index contributed by atoms with van der Waals surface area (Å²) in [4.78, 5) is 23.6. The number of thioether (sulfide) groups is 1. The van der Waals surface area contributed by atoms with Crippen LogP contribution < -0.4 is 15.6 Å². The normalized spacial score (nSPS) is 10.5. The molecule has 0 aliphatic heterocycles. The van der Waals surface area contributed by atoms with Crippen LogP contribution in [0, 0.1) is 0 Å². The van der Waals surface area contributed by atoms with E-state index < -0.39 is 5.97 Å². The second kappa shape index (κ2) is 11.6. The van der Waals surface area contributed by atoms with Gasteiger partial charge >= 0.3 is 5.97 Å². The SMILES string of the molecule is C=C(NNC(=O)CSc1nnc(-c2ccc(Cl)cc2)n1-c1ccccc1)c1ccc(OC(C)=O)cc1. The maximum absolute atomic E-state index is 12.5. The molecule has 36 heavy (non-hydrogen) atoms. The fourth-order valence-corrected chi connectivity index (χ4v) is 4.11. The van der Waals surface area contributed by atoms with E-state index >= 15 is 0 Å². The van der Waals surface area contributed by atoms with Gasteiger partial charge < -0.3 is 4.74 Å². The zero-order chi connectivity index (χ0) is 25.5. The number of hydrogen-bond donors (Lipinski definition) is 2. The van der Waals surface area contributed by atoms with Gasteiger partial charge in [0, 0.05) is 23.2 Å². The molecule has 1 heterocycles. The number of carbonyl (C=O) groups excluding carboxylic acids is 2. The first-order valence-electron chi connectivity index (χ1n) is 10.8. The van der Waals surface area contributed by atoms with Gasteiger partial charge in [0.1, 0.15) is 5.75 Å². The number of hydrazine groups is 1. The second-order valence-corrected chi connectivity index (χ2v) is 8.92. The van der Waals surface area contributed by atoms with Crippen molar-refractivity contribution in [3.05, 3.63) is 96.0 Å². The average Bonchev–Trinajstić information content (AvgIpc) is 3.31. The standard InChI is InChI=1S/C26H22ClN5O3S/c1-17(19-10-14-23(15-11-19)35-18(2)33)28-29-24(34)16-36-26-31-30-25(20-8-12-21(27)13-9-20)32(26)22-6-4-3-5-7-22/h3-15,28H,1,16H2,2H3,(H,29,34). The molecule has 0 spiro atoms. The lowest BCUT2D eigenvalue weighted by molar-refractivity contribution is -0.131. The summed E-state index contributed by atoms with van der Waals surface area (Å²) < 4.78 is 6.92. The van der Waals surface area contributed by atoms with E-state index in [0.717, 1.165) is 16.8 Å². The molecule has 0 saturated carbocycles. The highest BCUT2D eigenvalue weighted by molar-refractivity contribution is 7.99. The third-order valence-corrected chi connectivity index (χ3v) is 6.08. The number of esters is 1. The quantitative estimate of drug-likeness (QED) is 0.140. The van der Waals surface area contributed by atoms with Crippen LogP contribution in [0.3, 0.4) is 0 Å². The fourth-order valence-electron chi connectivity index (χ4n) is 3.23. The van der Waals surface area contributed by atoms with Crippen LogP contribution >= 0.6 is 23.4 Å². The molecule has 0 radical (unpaired) electrons. The Morgan fingerprint density at radius 1 is 0.972 bits per heavy atom. The van der Waals surface area contributed by atoms with Gasteiger partial charge in [0.2, 0.25) is 5.91 Å². The molecular formula is C26H22ClN5O3S. The number of nitrogens with zero attached hydrogens (tertiary/aromatic N) is 3. The van der Waals surface area contributed by atoms with Crippen LogP contribution in [-0.4, -0.2) is 32.4 Å². The molecule has 8 nitrogen and oxygen atoms in total. The minimum Gasteiger partial charge on any atom is -0.427 e. The van der Waals surface area contributed by atoms with E-state index in [-0.39, 0.29) is 11.7 Å². The minimum atomic E-state index is -0.396. The van der Waals surface area contributed by atoms with Crippen LogP contribution in [0.15, 0.2) is 90.6 Å². The molecular weight excluding hydrogens is 498 g/mol. The van der Waals surface area contributed by atoms with Gasteiger partial charge in [-0.2, -0.15) is 0 Å². The van der Waals surface area contributed by atoms with Gasteiger partial charge in [0.25, 0.3) is 0 Å². The van der Waals surface area contributed by atoms with Gasteiger partial charge in [0.15, 0.2) is 11.0 Å². The van der Waals surface area contributed by atoms with Crippen molar-refractivity contribution in [2.24, 2.45) is 0 Å². The first-order valence-corrected chi connectivity index (χ1v) is 12.2. The van der Waals surface area contributed by atoms with Gasteiger partial charge in [0.05, 0.1) is 11.4 Å². The summed E-state index contributed by atoms with van der Waals surface area (Å²) in [6, 6.07) is 23.8. The fraction of sp³-hybridized carbons (Fsp3) is 0.0769. The maximum Gasteiger partial charge on any atom is 0.308 e. The molecule has 0 fully saturated rings. The summed E-state index contributed by atoms with van der Waals surface area (Å²) in [5.41, 5.74) is 8.39.